The number of amides is 1. The highest BCUT2D eigenvalue weighted by Crippen LogP contribution is 2.38. The number of anilines is 1. The zero-order valence-electron chi connectivity index (χ0n) is 18.8. The van der Waals surface area contributed by atoms with Crippen LogP contribution in [0.5, 0.6) is 11.5 Å². The second-order valence-electron chi connectivity index (χ2n) is 8.16. The lowest BCUT2D eigenvalue weighted by Crippen LogP contribution is -2.42. The predicted molar refractivity (Wildman–Crippen MR) is 133 cm³/mol. The number of aliphatic carboxylic acids is 1. The van der Waals surface area contributed by atoms with Crippen LogP contribution in [0.25, 0.3) is 0 Å². The van der Waals surface area contributed by atoms with Crippen molar-refractivity contribution in [1.29, 1.82) is 0 Å². The van der Waals surface area contributed by atoms with E-state index in [9.17, 15) is 34.8 Å². The third-order valence-corrected chi connectivity index (χ3v) is 5.75. The van der Waals surface area contributed by atoms with Crippen LogP contribution in [-0.4, -0.2) is 69.8 Å². The SMILES string of the molecule is O=C(O)C[C@H](CC(=O)CNC(=O)c1cc(O)cc(NC2=NCC(O)CN2)c1)c1cc(Cl)cc(Cl)c1O. The Bertz CT molecular complexity index is 1210. The number of carbonyl (C=O) groups is 3. The Morgan fingerprint density at radius 3 is 2.53 bits per heavy atom. The van der Waals surface area contributed by atoms with Gasteiger partial charge in [-0.2, -0.15) is 0 Å². The number of phenolic OH excluding ortho intramolecular Hbond substituents is 2. The van der Waals surface area contributed by atoms with Crippen LogP contribution in [0.4, 0.5) is 5.69 Å². The number of β-amino-alcohol motifs (C(OH)–C–C–N with tert-alkyl or cyclic N) is 1. The van der Waals surface area contributed by atoms with Crippen molar-refractivity contribution in [2.24, 2.45) is 4.99 Å². The minimum absolute atomic E-state index is 0.0584. The van der Waals surface area contributed by atoms with Crippen molar-refractivity contribution in [3.05, 3.63) is 51.5 Å². The van der Waals surface area contributed by atoms with Crippen LogP contribution in [0.3, 0.4) is 0 Å². The smallest absolute Gasteiger partial charge is 0.303 e. The summed E-state index contributed by atoms with van der Waals surface area (Å²) in [6.07, 6.45) is -1.38. The predicted octanol–water partition coefficient (Wildman–Crippen LogP) is 2.08. The molecule has 2 atom stereocenters. The van der Waals surface area contributed by atoms with Gasteiger partial charge in [-0.05, 0) is 24.3 Å². The molecule has 3 rings (SSSR count). The summed E-state index contributed by atoms with van der Waals surface area (Å²) < 4.78 is 0. The van der Waals surface area contributed by atoms with Crippen LogP contribution in [-0.2, 0) is 9.59 Å². The number of aliphatic hydroxyl groups is 1. The second-order valence-corrected chi connectivity index (χ2v) is 9.01. The first-order chi connectivity index (χ1) is 17.0. The van der Waals surface area contributed by atoms with Crippen molar-refractivity contribution in [2.75, 3.05) is 25.0 Å². The van der Waals surface area contributed by atoms with E-state index in [4.69, 9.17) is 23.2 Å². The fourth-order valence-electron chi connectivity index (χ4n) is 3.59. The number of carboxylic acid groups (broad SMARTS) is 1. The third kappa shape index (κ3) is 7.48. The molecule has 0 aliphatic carbocycles. The third-order valence-electron chi connectivity index (χ3n) is 5.25. The van der Waals surface area contributed by atoms with E-state index in [0.717, 1.165) is 0 Å². The summed E-state index contributed by atoms with van der Waals surface area (Å²) in [5, 5.41) is 47.3. The van der Waals surface area contributed by atoms with Gasteiger partial charge in [0, 0.05) is 46.8 Å². The van der Waals surface area contributed by atoms with Gasteiger partial charge in [-0.25, -0.2) is 0 Å². The van der Waals surface area contributed by atoms with Crippen LogP contribution in [0.2, 0.25) is 10.0 Å². The fourth-order valence-corrected chi connectivity index (χ4v) is 4.10. The molecule has 0 radical (unpaired) electrons. The number of rotatable bonds is 9. The van der Waals surface area contributed by atoms with Crippen molar-refractivity contribution >= 4 is 52.5 Å². The number of aliphatic hydroxyl groups excluding tert-OH is 1. The molecule has 0 fully saturated rings. The van der Waals surface area contributed by atoms with E-state index in [1.165, 1.54) is 30.3 Å². The van der Waals surface area contributed by atoms with E-state index in [1.54, 1.807) is 0 Å². The number of carbonyl (C=O) groups excluding carboxylic acids is 2. The molecule has 1 amide bonds. The number of phenols is 2. The zero-order valence-corrected chi connectivity index (χ0v) is 20.3. The first kappa shape index (κ1) is 27.1. The van der Waals surface area contributed by atoms with Crippen molar-refractivity contribution in [2.45, 2.75) is 24.9 Å². The van der Waals surface area contributed by atoms with Gasteiger partial charge < -0.3 is 36.4 Å². The van der Waals surface area contributed by atoms with Gasteiger partial charge in [0.1, 0.15) is 11.5 Å². The number of Topliss-reactive ketones (excluding diaryl/α,β-unsaturated/α-hetero) is 1. The van der Waals surface area contributed by atoms with Crippen LogP contribution in [0.1, 0.15) is 34.7 Å². The van der Waals surface area contributed by atoms with Gasteiger partial charge in [0.05, 0.1) is 30.6 Å². The molecule has 7 N–H and O–H groups in total. The topological polar surface area (TPSA) is 181 Å². The van der Waals surface area contributed by atoms with E-state index in [1.807, 2.05) is 0 Å². The summed E-state index contributed by atoms with van der Waals surface area (Å²) in [5.74, 6) is -3.48. The maximum absolute atomic E-state index is 12.6. The number of hydrogen-bond donors (Lipinski definition) is 7. The Hall–Kier alpha value is -3.54. The van der Waals surface area contributed by atoms with Gasteiger partial charge in [-0.3, -0.25) is 19.4 Å². The van der Waals surface area contributed by atoms with Crippen LogP contribution < -0.4 is 16.0 Å². The molecule has 2 aromatic rings. The van der Waals surface area contributed by atoms with E-state index >= 15 is 0 Å². The molecule has 1 unspecified atom stereocenters. The molecule has 13 heteroatoms. The summed E-state index contributed by atoms with van der Waals surface area (Å²) in [6, 6.07) is 6.66. The quantitative estimate of drug-likeness (QED) is 0.251. The minimum Gasteiger partial charge on any atom is -0.508 e. The molecular formula is C23H24Cl2N4O7. The molecule has 11 nitrogen and oxygen atoms in total. The van der Waals surface area contributed by atoms with E-state index in [2.05, 4.69) is 20.9 Å². The molecule has 0 aromatic heterocycles. The summed E-state index contributed by atoms with van der Waals surface area (Å²) in [6.45, 7) is 0.0718. The van der Waals surface area contributed by atoms with Gasteiger partial charge in [0.15, 0.2) is 11.7 Å². The number of ketones is 1. The minimum atomic E-state index is -1.20. The van der Waals surface area contributed by atoms with Gasteiger partial charge in [-0.1, -0.05) is 23.2 Å². The van der Waals surface area contributed by atoms with E-state index in [-0.39, 0.29) is 45.6 Å². The Kier molecular flexibility index (Phi) is 8.97. The van der Waals surface area contributed by atoms with Gasteiger partial charge >= 0.3 is 5.97 Å². The lowest BCUT2D eigenvalue weighted by atomic mass is 9.90. The number of nitrogens with zero attached hydrogens (tertiary/aromatic N) is 1. The van der Waals surface area contributed by atoms with Crippen molar-refractivity contribution < 1.29 is 34.8 Å². The largest absolute Gasteiger partial charge is 0.508 e. The van der Waals surface area contributed by atoms with Crippen molar-refractivity contribution in [3.8, 4) is 11.5 Å². The number of carboxylic acids is 1. The van der Waals surface area contributed by atoms with Crippen LogP contribution in [0.15, 0.2) is 35.3 Å². The van der Waals surface area contributed by atoms with Gasteiger partial charge in [0.2, 0.25) is 0 Å². The first-order valence-electron chi connectivity index (χ1n) is 10.8. The molecule has 0 spiro atoms. The average molecular weight is 539 g/mol. The highest BCUT2D eigenvalue weighted by atomic mass is 35.5. The maximum atomic E-state index is 12.6. The Balaban J connectivity index is 1.66. The Morgan fingerprint density at radius 1 is 1.11 bits per heavy atom. The monoisotopic (exact) mass is 538 g/mol. The normalized spacial score (nSPS) is 15.9. The molecular weight excluding hydrogens is 515 g/mol. The van der Waals surface area contributed by atoms with Crippen LogP contribution >= 0.6 is 23.2 Å². The first-order valence-corrected chi connectivity index (χ1v) is 11.5. The zero-order chi connectivity index (χ0) is 26.4. The molecule has 1 aliphatic heterocycles. The molecule has 0 bridgehead atoms. The second kappa shape index (κ2) is 11.9. The molecule has 2 aromatic carbocycles. The number of aromatic hydroxyl groups is 2. The van der Waals surface area contributed by atoms with Crippen molar-refractivity contribution in [3.63, 3.8) is 0 Å². The summed E-state index contributed by atoms with van der Waals surface area (Å²) >= 11 is 11.9. The number of nitrogens with one attached hydrogen (secondary N) is 3. The molecule has 1 heterocycles. The molecule has 192 valence electrons. The van der Waals surface area contributed by atoms with Crippen LogP contribution in [0, 0.1) is 0 Å². The van der Waals surface area contributed by atoms with Gasteiger partial charge in [-0.15, -0.1) is 0 Å². The molecule has 1 aliphatic rings. The lowest BCUT2D eigenvalue weighted by Gasteiger charge is -2.20. The van der Waals surface area contributed by atoms with Gasteiger partial charge in [0.25, 0.3) is 5.91 Å². The van der Waals surface area contributed by atoms with E-state index < -0.39 is 42.6 Å². The number of guanidine groups is 1. The number of benzene rings is 2. The average Bonchev–Trinajstić information content (AvgIpc) is 2.80. The Labute approximate surface area is 215 Å². The molecule has 0 saturated heterocycles. The highest BCUT2D eigenvalue weighted by molar-refractivity contribution is 6.35. The summed E-state index contributed by atoms with van der Waals surface area (Å²) in [7, 11) is 0. The molecule has 36 heavy (non-hydrogen) atoms. The van der Waals surface area contributed by atoms with Crippen molar-refractivity contribution in [1.82, 2.24) is 10.6 Å². The highest BCUT2D eigenvalue weighted by Gasteiger charge is 2.24. The standard InChI is InChI=1S/C23H24Cl2N4O7/c24-13-5-18(21(35)19(25)6-13)11(4-20(33)34)2-16(31)8-26-22(36)12-1-14(7-15(30)3-12)29-23-27-9-17(32)10-28-23/h1,3,5-7,11,17,30,32,35H,2,4,8-10H2,(H,26,36)(H,33,34)(H2,27,28,29)/t11-/m0/s1. The fraction of sp³-hybridized carbons (Fsp3) is 0.304. The summed E-state index contributed by atoms with van der Waals surface area (Å²) in [5.41, 5.74) is 0.525. The number of aliphatic imine (C=N–C) groups is 1. The lowest BCUT2D eigenvalue weighted by molar-refractivity contribution is -0.137. The number of halogens is 2. The summed E-state index contributed by atoms with van der Waals surface area (Å²) in [4.78, 5) is 40.6. The maximum Gasteiger partial charge on any atom is 0.303 e. The Morgan fingerprint density at radius 2 is 1.86 bits per heavy atom. The number of hydrogen-bond acceptors (Lipinski definition) is 9. The molecule has 0 saturated carbocycles. The van der Waals surface area contributed by atoms with E-state index in [0.29, 0.717) is 18.2 Å².